The SMILES string of the molecule is Cc1cn2cc(NC(=O)c3ccc(N4C[C@H](C)N[C@@H](C)C4)c4nccnc34)cc(Oc3cncc(Cl)c3)c2n1. The molecule has 0 aliphatic carbocycles. The quantitative estimate of drug-likeness (QED) is 0.324. The van der Waals surface area contributed by atoms with E-state index in [0.29, 0.717) is 56.5 Å². The Bertz CT molecular complexity index is 1690. The number of aromatic nitrogens is 5. The van der Waals surface area contributed by atoms with E-state index in [2.05, 4.69) is 49.3 Å². The van der Waals surface area contributed by atoms with E-state index in [1.807, 2.05) is 29.7 Å². The van der Waals surface area contributed by atoms with Crippen molar-refractivity contribution >= 4 is 45.6 Å². The third-order valence-electron chi connectivity index (χ3n) is 6.55. The van der Waals surface area contributed by atoms with Crippen LogP contribution in [0.15, 0.2) is 61.4 Å². The van der Waals surface area contributed by atoms with Gasteiger partial charge in [-0.1, -0.05) is 11.6 Å². The molecule has 2 N–H and O–H groups in total. The Hall–Kier alpha value is -4.28. The second kappa shape index (κ2) is 10.1. The lowest BCUT2D eigenvalue weighted by Gasteiger charge is -2.38. The predicted molar refractivity (Wildman–Crippen MR) is 151 cm³/mol. The number of carbonyl (C=O) groups is 1. The highest BCUT2D eigenvalue weighted by Gasteiger charge is 2.25. The van der Waals surface area contributed by atoms with Crippen molar-refractivity contribution in [1.29, 1.82) is 0 Å². The van der Waals surface area contributed by atoms with Gasteiger partial charge in [-0.25, -0.2) is 4.98 Å². The largest absolute Gasteiger partial charge is 0.452 e. The first kappa shape index (κ1) is 25.0. The molecule has 10 nitrogen and oxygen atoms in total. The molecule has 1 aliphatic rings. The first-order valence-corrected chi connectivity index (χ1v) is 13.1. The summed E-state index contributed by atoms with van der Waals surface area (Å²) >= 11 is 6.09. The van der Waals surface area contributed by atoms with Gasteiger partial charge >= 0.3 is 0 Å². The van der Waals surface area contributed by atoms with Crippen molar-refractivity contribution in [3.63, 3.8) is 0 Å². The third kappa shape index (κ3) is 5.08. The number of imidazole rings is 1. The van der Waals surface area contributed by atoms with Crippen molar-refractivity contribution < 1.29 is 9.53 Å². The Morgan fingerprint density at radius 3 is 2.62 bits per heavy atom. The zero-order valence-corrected chi connectivity index (χ0v) is 22.5. The van der Waals surface area contributed by atoms with Gasteiger partial charge in [0.25, 0.3) is 5.91 Å². The number of hydrogen-bond donors (Lipinski definition) is 2. The zero-order valence-electron chi connectivity index (χ0n) is 21.7. The van der Waals surface area contributed by atoms with Gasteiger partial charge in [-0.05, 0) is 32.9 Å². The zero-order chi connectivity index (χ0) is 27.1. The summed E-state index contributed by atoms with van der Waals surface area (Å²) in [5, 5.41) is 7.01. The van der Waals surface area contributed by atoms with Crippen LogP contribution in [0.4, 0.5) is 11.4 Å². The van der Waals surface area contributed by atoms with E-state index in [9.17, 15) is 4.79 Å². The standard InChI is InChI=1S/C28H27ClN8O2/c1-16-12-36(13-17(2)33-16)23-5-4-22(25-26(23)32-7-6-31-25)28(38)35-20-9-24(27-34-18(3)14-37(27)15-20)39-21-8-19(29)10-30-11-21/h4-11,14-17,33H,12-13H2,1-3H3,(H,35,38)/t16-,17-/m0/s1. The first-order chi connectivity index (χ1) is 18.8. The summed E-state index contributed by atoms with van der Waals surface area (Å²) in [5.41, 5.74) is 4.58. The van der Waals surface area contributed by atoms with Gasteiger partial charge in [0.15, 0.2) is 11.4 Å². The lowest BCUT2D eigenvalue weighted by Crippen LogP contribution is -2.54. The number of nitrogens with one attached hydrogen (secondary N) is 2. The molecule has 5 heterocycles. The number of amides is 1. The van der Waals surface area contributed by atoms with Crippen LogP contribution in [0.25, 0.3) is 16.7 Å². The van der Waals surface area contributed by atoms with Gasteiger partial charge in [0.2, 0.25) is 0 Å². The van der Waals surface area contributed by atoms with Crippen LogP contribution in [0.3, 0.4) is 0 Å². The topological polar surface area (TPSA) is 110 Å². The summed E-state index contributed by atoms with van der Waals surface area (Å²) in [7, 11) is 0. The number of benzene rings is 1. The first-order valence-electron chi connectivity index (χ1n) is 12.7. The number of pyridine rings is 2. The molecule has 5 aromatic rings. The number of rotatable bonds is 5. The summed E-state index contributed by atoms with van der Waals surface area (Å²) < 4.78 is 7.88. The Balaban J connectivity index is 1.34. The molecule has 1 saturated heterocycles. The molecular formula is C28H27ClN8O2. The number of nitrogens with zero attached hydrogens (tertiary/aromatic N) is 6. The molecule has 198 valence electrons. The Morgan fingerprint density at radius 2 is 1.85 bits per heavy atom. The summed E-state index contributed by atoms with van der Waals surface area (Å²) in [6.45, 7) is 7.91. The number of piperazine rings is 1. The van der Waals surface area contributed by atoms with Gasteiger partial charge in [-0.15, -0.1) is 0 Å². The highest BCUT2D eigenvalue weighted by molar-refractivity contribution is 6.30. The highest BCUT2D eigenvalue weighted by Crippen LogP contribution is 2.32. The van der Waals surface area contributed by atoms with E-state index in [1.165, 1.54) is 6.20 Å². The molecule has 0 radical (unpaired) electrons. The summed E-state index contributed by atoms with van der Waals surface area (Å²) in [6.07, 6.45) is 10.0. The van der Waals surface area contributed by atoms with Crippen molar-refractivity contribution in [2.24, 2.45) is 0 Å². The monoisotopic (exact) mass is 542 g/mol. The maximum atomic E-state index is 13.6. The maximum absolute atomic E-state index is 13.6. The van der Waals surface area contributed by atoms with Crippen LogP contribution in [-0.2, 0) is 0 Å². The predicted octanol–water partition coefficient (Wildman–Crippen LogP) is 4.87. The smallest absolute Gasteiger partial charge is 0.257 e. The number of ether oxygens (including phenoxy) is 1. The van der Waals surface area contributed by atoms with Crippen LogP contribution in [0.1, 0.15) is 29.9 Å². The summed E-state index contributed by atoms with van der Waals surface area (Å²) in [4.78, 5) is 33.7. The molecule has 39 heavy (non-hydrogen) atoms. The van der Waals surface area contributed by atoms with Crippen molar-refractivity contribution in [1.82, 2.24) is 29.7 Å². The maximum Gasteiger partial charge on any atom is 0.257 e. The number of carbonyl (C=O) groups excluding carboxylic acids is 1. The molecule has 1 aromatic carbocycles. The van der Waals surface area contributed by atoms with E-state index in [1.54, 1.807) is 36.9 Å². The molecule has 2 atom stereocenters. The van der Waals surface area contributed by atoms with Crippen LogP contribution in [0.2, 0.25) is 5.02 Å². The average Bonchev–Trinajstić information content (AvgIpc) is 3.28. The minimum Gasteiger partial charge on any atom is -0.452 e. The van der Waals surface area contributed by atoms with E-state index in [0.717, 1.165) is 24.5 Å². The lowest BCUT2D eigenvalue weighted by molar-refractivity contribution is 0.102. The number of anilines is 2. The molecule has 6 rings (SSSR count). The molecular weight excluding hydrogens is 516 g/mol. The minimum atomic E-state index is -0.305. The van der Waals surface area contributed by atoms with Crippen molar-refractivity contribution in [2.45, 2.75) is 32.9 Å². The molecule has 11 heteroatoms. The number of fused-ring (bicyclic) bond motifs is 2. The molecule has 1 aliphatic heterocycles. The van der Waals surface area contributed by atoms with Crippen molar-refractivity contribution in [3.05, 3.63) is 77.7 Å². The summed E-state index contributed by atoms with van der Waals surface area (Å²) in [5.74, 6) is 0.606. The van der Waals surface area contributed by atoms with Gasteiger partial charge in [0.1, 0.15) is 16.8 Å². The minimum absolute atomic E-state index is 0.305. The van der Waals surface area contributed by atoms with Crippen LogP contribution >= 0.6 is 11.6 Å². The Morgan fingerprint density at radius 1 is 1.08 bits per heavy atom. The molecule has 0 spiro atoms. The van der Waals surface area contributed by atoms with Crippen molar-refractivity contribution in [2.75, 3.05) is 23.3 Å². The number of halogens is 1. The van der Waals surface area contributed by atoms with Gasteiger partial charge in [0, 0.05) is 68.3 Å². The van der Waals surface area contributed by atoms with Gasteiger partial charge in [-0.3, -0.25) is 19.7 Å². The van der Waals surface area contributed by atoms with E-state index in [-0.39, 0.29) is 5.91 Å². The molecule has 1 fully saturated rings. The Labute approximate surface area is 230 Å². The third-order valence-corrected chi connectivity index (χ3v) is 6.76. The van der Waals surface area contributed by atoms with Crippen LogP contribution in [0, 0.1) is 6.92 Å². The van der Waals surface area contributed by atoms with E-state index in [4.69, 9.17) is 16.3 Å². The van der Waals surface area contributed by atoms with E-state index < -0.39 is 0 Å². The molecule has 0 unspecified atom stereocenters. The molecule has 0 saturated carbocycles. The van der Waals surface area contributed by atoms with Crippen LogP contribution in [-0.4, -0.2) is 55.4 Å². The number of hydrogen-bond acceptors (Lipinski definition) is 8. The average molecular weight is 543 g/mol. The van der Waals surface area contributed by atoms with Gasteiger partial charge in [-0.2, -0.15) is 0 Å². The highest BCUT2D eigenvalue weighted by atomic mass is 35.5. The second-order valence-electron chi connectivity index (χ2n) is 9.86. The van der Waals surface area contributed by atoms with Gasteiger partial charge < -0.3 is 24.7 Å². The fourth-order valence-electron chi connectivity index (χ4n) is 5.11. The number of aryl methyl sites for hydroxylation is 1. The lowest BCUT2D eigenvalue weighted by atomic mass is 10.1. The van der Waals surface area contributed by atoms with Crippen molar-refractivity contribution in [3.8, 4) is 11.5 Å². The molecule has 0 bridgehead atoms. The second-order valence-corrected chi connectivity index (χ2v) is 10.3. The normalized spacial score (nSPS) is 17.5. The summed E-state index contributed by atoms with van der Waals surface area (Å²) in [6, 6.07) is 7.84. The van der Waals surface area contributed by atoms with Gasteiger partial charge in [0.05, 0.1) is 33.9 Å². The van der Waals surface area contributed by atoms with E-state index >= 15 is 0 Å². The fraction of sp³-hybridized carbons (Fsp3) is 0.250. The Kier molecular flexibility index (Phi) is 6.49. The van der Waals surface area contributed by atoms with Crippen LogP contribution < -0.4 is 20.3 Å². The fourth-order valence-corrected chi connectivity index (χ4v) is 5.28. The van der Waals surface area contributed by atoms with Crippen LogP contribution in [0.5, 0.6) is 11.5 Å². The molecule has 1 amide bonds. The molecule has 4 aromatic heterocycles.